The van der Waals surface area contributed by atoms with E-state index in [-0.39, 0.29) is 11.3 Å². The van der Waals surface area contributed by atoms with E-state index in [4.69, 9.17) is 5.73 Å². The zero-order valence-electron chi connectivity index (χ0n) is 10.9. The summed E-state index contributed by atoms with van der Waals surface area (Å²) in [6.45, 7) is 8.32. The Bertz CT molecular complexity index is 396. The zero-order chi connectivity index (χ0) is 13.1. The number of rotatable bonds is 3. The molecule has 0 spiro atoms. The van der Waals surface area contributed by atoms with E-state index in [2.05, 4.69) is 10.3 Å². The topological polar surface area (TPSA) is 68.0 Å². The van der Waals surface area contributed by atoms with Gasteiger partial charge in [0.05, 0.1) is 6.04 Å². The summed E-state index contributed by atoms with van der Waals surface area (Å²) in [7, 11) is 0. The van der Waals surface area contributed by atoms with Crippen molar-refractivity contribution in [2.75, 3.05) is 0 Å². The lowest BCUT2D eigenvalue weighted by molar-refractivity contribution is -0.124. The highest BCUT2D eigenvalue weighted by Gasteiger charge is 2.27. The number of hydrogen-bond acceptors (Lipinski definition) is 3. The molecule has 0 saturated carbocycles. The number of nitrogens with one attached hydrogen (secondary N) is 1. The number of nitrogens with two attached hydrogens (primary N) is 1. The summed E-state index contributed by atoms with van der Waals surface area (Å²) < 4.78 is 0. The second kappa shape index (κ2) is 5.27. The first-order valence-corrected chi connectivity index (χ1v) is 5.75. The van der Waals surface area contributed by atoms with E-state index in [0.29, 0.717) is 6.54 Å². The van der Waals surface area contributed by atoms with Gasteiger partial charge in [-0.3, -0.25) is 9.78 Å². The molecule has 1 aromatic heterocycles. The fourth-order valence-corrected chi connectivity index (χ4v) is 1.37. The molecular formula is C13H21N3O. The number of carbonyl (C=O) groups is 1. The molecule has 94 valence electrons. The third kappa shape index (κ3) is 3.82. The maximum absolute atomic E-state index is 11.8. The fourth-order valence-electron chi connectivity index (χ4n) is 1.37. The van der Waals surface area contributed by atoms with E-state index in [9.17, 15) is 4.79 Å². The lowest BCUT2D eigenvalue weighted by Gasteiger charge is -2.25. The van der Waals surface area contributed by atoms with E-state index in [1.54, 1.807) is 12.4 Å². The minimum Gasteiger partial charge on any atom is -0.351 e. The number of aromatic nitrogens is 1. The van der Waals surface area contributed by atoms with E-state index < -0.39 is 6.04 Å². The van der Waals surface area contributed by atoms with Crippen LogP contribution in [-0.2, 0) is 11.3 Å². The number of amides is 1. The minimum atomic E-state index is -0.500. The van der Waals surface area contributed by atoms with Crippen molar-refractivity contribution in [1.29, 1.82) is 0 Å². The second-order valence-corrected chi connectivity index (χ2v) is 5.36. The lowest BCUT2D eigenvalue weighted by Crippen LogP contribution is -2.48. The Morgan fingerprint density at radius 1 is 1.53 bits per heavy atom. The van der Waals surface area contributed by atoms with Gasteiger partial charge in [-0.2, -0.15) is 0 Å². The molecule has 1 rings (SSSR count). The number of pyridine rings is 1. The first-order chi connectivity index (χ1) is 7.82. The van der Waals surface area contributed by atoms with Gasteiger partial charge in [0.1, 0.15) is 0 Å². The SMILES string of the molecule is Cc1ccncc1CNC(=O)[C@@H](N)C(C)(C)C. The fraction of sp³-hybridized carbons (Fsp3) is 0.538. The maximum Gasteiger partial charge on any atom is 0.237 e. The van der Waals surface area contributed by atoms with E-state index in [1.807, 2.05) is 33.8 Å². The van der Waals surface area contributed by atoms with Gasteiger partial charge in [0.25, 0.3) is 0 Å². The first-order valence-electron chi connectivity index (χ1n) is 5.75. The molecule has 1 amide bonds. The van der Waals surface area contributed by atoms with Crippen LogP contribution in [0.15, 0.2) is 18.5 Å². The van der Waals surface area contributed by atoms with E-state index in [1.165, 1.54) is 0 Å². The van der Waals surface area contributed by atoms with Crippen LogP contribution in [0.5, 0.6) is 0 Å². The van der Waals surface area contributed by atoms with Crippen LogP contribution >= 0.6 is 0 Å². The Labute approximate surface area is 103 Å². The van der Waals surface area contributed by atoms with Gasteiger partial charge in [-0.1, -0.05) is 20.8 Å². The molecule has 3 N–H and O–H groups in total. The molecule has 0 saturated heterocycles. The van der Waals surface area contributed by atoms with Crippen LogP contribution in [0.3, 0.4) is 0 Å². The molecule has 0 aliphatic carbocycles. The number of hydrogen-bond donors (Lipinski definition) is 2. The van der Waals surface area contributed by atoms with Crippen LogP contribution in [0.1, 0.15) is 31.9 Å². The van der Waals surface area contributed by atoms with Gasteiger partial charge in [0.15, 0.2) is 0 Å². The van der Waals surface area contributed by atoms with Crippen molar-refractivity contribution >= 4 is 5.91 Å². The number of aryl methyl sites for hydroxylation is 1. The van der Waals surface area contributed by atoms with Crippen LogP contribution in [-0.4, -0.2) is 16.9 Å². The van der Waals surface area contributed by atoms with Gasteiger partial charge >= 0.3 is 0 Å². The summed E-state index contributed by atoms with van der Waals surface area (Å²) in [5, 5.41) is 2.84. The van der Waals surface area contributed by atoms with Crippen molar-refractivity contribution in [3.05, 3.63) is 29.6 Å². The quantitative estimate of drug-likeness (QED) is 0.831. The lowest BCUT2D eigenvalue weighted by atomic mass is 9.87. The Morgan fingerprint density at radius 2 is 2.18 bits per heavy atom. The van der Waals surface area contributed by atoms with Gasteiger partial charge in [0.2, 0.25) is 5.91 Å². The Morgan fingerprint density at radius 3 is 2.71 bits per heavy atom. The van der Waals surface area contributed by atoms with Crippen molar-refractivity contribution < 1.29 is 4.79 Å². The largest absolute Gasteiger partial charge is 0.351 e. The average molecular weight is 235 g/mol. The minimum absolute atomic E-state index is 0.124. The molecule has 0 radical (unpaired) electrons. The first kappa shape index (κ1) is 13.6. The van der Waals surface area contributed by atoms with Crippen molar-refractivity contribution in [1.82, 2.24) is 10.3 Å². The highest BCUT2D eigenvalue weighted by atomic mass is 16.2. The molecule has 1 atom stereocenters. The van der Waals surface area contributed by atoms with Crippen LogP contribution < -0.4 is 11.1 Å². The molecule has 1 aromatic rings. The predicted molar refractivity (Wildman–Crippen MR) is 68.3 cm³/mol. The molecule has 17 heavy (non-hydrogen) atoms. The summed E-state index contributed by atoms with van der Waals surface area (Å²) in [5.74, 6) is -0.124. The molecule has 0 aliphatic heterocycles. The van der Waals surface area contributed by atoms with Crippen LogP contribution in [0.4, 0.5) is 0 Å². The highest BCUT2D eigenvalue weighted by molar-refractivity contribution is 5.82. The summed E-state index contributed by atoms with van der Waals surface area (Å²) in [5.41, 5.74) is 7.77. The molecule has 0 aromatic carbocycles. The molecule has 4 nitrogen and oxygen atoms in total. The monoisotopic (exact) mass is 235 g/mol. The van der Waals surface area contributed by atoms with Gasteiger partial charge in [-0.25, -0.2) is 0 Å². The Balaban J connectivity index is 2.58. The van der Waals surface area contributed by atoms with Crippen molar-refractivity contribution in [3.63, 3.8) is 0 Å². The normalized spacial score (nSPS) is 13.2. The second-order valence-electron chi connectivity index (χ2n) is 5.36. The average Bonchev–Trinajstić information content (AvgIpc) is 2.25. The van der Waals surface area contributed by atoms with Crippen molar-refractivity contribution in [3.8, 4) is 0 Å². The van der Waals surface area contributed by atoms with Crippen LogP contribution in [0.2, 0.25) is 0 Å². The molecule has 0 fully saturated rings. The summed E-state index contributed by atoms with van der Waals surface area (Å²) in [6.07, 6.45) is 3.50. The zero-order valence-corrected chi connectivity index (χ0v) is 10.9. The molecule has 0 aliphatic rings. The smallest absolute Gasteiger partial charge is 0.237 e. The number of nitrogens with zero attached hydrogens (tertiary/aromatic N) is 1. The van der Waals surface area contributed by atoms with Crippen LogP contribution in [0.25, 0.3) is 0 Å². The third-order valence-electron chi connectivity index (χ3n) is 2.82. The summed E-state index contributed by atoms with van der Waals surface area (Å²) in [4.78, 5) is 15.9. The van der Waals surface area contributed by atoms with E-state index >= 15 is 0 Å². The summed E-state index contributed by atoms with van der Waals surface area (Å²) in [6, 6.07) is 1.42. The van der Waals surface area contributed by atoms with Crippen LogP contribution in [0, 0.1) is 12.3 Å². The van der Waals surface area contributed by atoms with Gasteiger partial charge in [-0.05, 0) is 29.5 Å². The Kier molecular flexibility index (Phi) is 4.23. The maximum atomic E-state index is 11.8. The van der Waals surface area contributed by atoms with Crippen molar-refractivity contribution in [2.24, 2.45) is 11.1 Å². The molecular weight excluding hydrogens is 214 g/mol. The standard InChI is InChI=1S/C13H21N3O/c1-9-5-6-15-7-10(9)8-16-12(17)11(14)13(2,3)4/h5-7,11H,8,14H2,1-4H3,(H,16,17)/t11-/m1/s1. The van der Waals surface area contributed by atoms with Gasteiger partial charge < -0.3 is 11.1 Å². The molecule has 1 heterocycles. The third-order valence-corrected chi connectivity index (χ3v) is 2.82. The predicted octanol–water partition coefficient (Wildman–Crippen LogP) is 1.38. The van der Waals surface area contributed by atoms with Crippen molar-refractivity contribution in [2.45, 2.75) is 40.3 Å². The van der Waals surface area contributed by atoms with E-state index in [0.717, 1.165) is 11.1 Å². The molecule has 0 unspecified atom stereocenters. The Hall–Kier alpha value is -1.42. The number of carbonyl (C=O) groups excluding carboxylic acids is 1. The molecule has 4 heteroatoms. The van der Waals surface area contributed by atoms with Gasteiger partial charge in [-0.15, -0.1) is 0 Å². The highest BCUT2D eigenvalue weighted by Crippen LogP contribution is 2.17. The van der Waals surface area contributed by atoms with Gasteiger partial charge in [0, 0.05) is 18.9 Å². The summed E-state index contributed by atoms with van der Waals surface area (Å²) >= 11 is 0. The molecule has 0 bridgehead atoms.